The predicted octanol–water partition coefficient (Wildman–Crippen LogP) is 4.46. The molecule has 1 aromatic heterocycles. The molecule has 0 aliphatic rings. The Labute approximate surface area is 184 Å². The molecule has 0 bridgehead atoms. The molecule has 31 heavy (non-hydrogen) atoms. The fourth-order valence-corrected chi connectivity index (χ4v) is 3.93. The summed E-state index contributed by atoms with van der Waals surface area (Å²) in [6.45, 7) is -0.0323. The lowest BCUT2D eigenvalue weighted by Gasteiger charge is -2.18. The van der Waals surface area contributed by atoms with E-state index in [4.69, 9.17) is 0 Å². The van der Waals surface area contributed by atoms with Gasteiger partial charge in [0.15, 0.2) is 0 Å². The van der Waals surface area contributed by atoms with Crippen molar-refractivity contribution in [1.82, 2.24) is 14.5 Å². The lowest BCUT2D eigenvalue weighted by molar-refractivity contribution is -0.116. The van der Waals surface area contributed by atoms with Crippen molar-refractivity contribution in [2.75, 3.05) is 25.2 Å². The van der Waals surface area contributed by atoms with Crippen molar-refractivity contribution in [3.63, 3.8) is 0 Å². The Morgan fingerprint density at radius 3 is 2.48 bits per heavy atom. The summed E-state index contributed by atoms with van der Waals surface area (Å²) in [5.74, 6) is -0.450. The highest BCUT2D eigenvalue weighted by molar-refractivity contribution is 7.98. The second-order valence-electron chi connectivity index (χ2n) is 7.06. The first-order chi connectivity index (χ1) is 15.1. The summed E-state index contributed by atoms with van der Waals surface area (Å²) in [6, 6.07) is 22.8. The van der Waals surface area contributed by atoms with Crippen molar-refractivity contribution in [3.05, 3.63) is 84.7 Å². The summed E-state index contributed by atoms with van der Waals surface area (Å²) < 4.78 is 1.98. The SMILES string of the molecule is CSc1ccccc1NC(=O)CN(C)C(=O)c1ccc(-n2cnc3ccccc32)cc1. The fourth-order valence-electron chi connectivity index (χ4n) is 3.37. The number of fused-ring (bicyclic) bond motifs is 1. The minimum absolute atomic E-state index is 0.0323. The van der Waals surface area contributed by atoms with Gasteiger partial charge < -0.3 is 10.2 Å². The number of imidazole rings is 1. The first-order valence-corrected chi connectivity index (χ1v) is 11.0. The minimum atomic E-state index is -0.237. The van der Waals surface area contributed by atoms with Gasteiger partial charge in [-0.05, 0) is 54.8 Å². The van der Waals surface area contributed by atoms with E-state index < -0.39 is 0 Å². The zero-order valence-electron chi connectivity index (χ0n) is 17.3. The van der Waals surface area contributed by atoms with Crippen LogP contribution in [0.5, 0.6) is 0 Å². The maximum absolute atomic E-state index is 12.8. The Hall–Kier alpha value is -3.58. The number of para-hydroxylation sites is 3. The molecule has 0 aliphatic carbocycles. The highest BCUT2D eigenvalue weighted by atomic mass is 32.2. The number of rotatable bonds is 6. The minimum Gasteiger partial charge on any atom is -0.332 e. The van der Waals surface area contributed by atoms with Crippen LogP contribution in [0.25, 0.3) is 16.7 Å². The quantitative estimate of drug-likeness (QED) is 0.459. The van der Waals surface area contributed by atoms with Gasteiger partial charge in [0.1, 0.15) is 6.33 Å². The maximum atomic E-state index is 12.8. The summed E-state index contributed by atoms with van der Waals surface area (Å²) >= 11 is 1.56. The molecule has 7 heteroatoms. The molecule has 0 unspecified atom stereocenters. The molecule has 0 radical (unpaired) electrons. The van der Waals surface area contributed by atoms with E-state index >= 15 is 0 Å². The second-order valence-corrected chi connectivity index (χ2v) is 7.91. The molecule has 0 fully saturated rings. The van der Waals surface area contributed by atoms with Crippen molar-refractivity contribution in [3.8, 4) is 5.69 Å². The number of anilines is 1. The molecule has 0 spiro atoms. The van der Waals surface area contributed by atoms with Crippen LogP contribution in [0.4, 0.5) is 5.69 Å². The number of carbonyl (C=O) groups is 2. The normalized spacial score (nSPS) is 10.8. The van der Waals surface area contributed by atoms with Crippen molar-refractivity contribution in [2.24, 2.45) is 0 Å². The highest BCUT2D eigenvalue weighted by Crippen LogP contribution is 2.24. The predicted molar refractivity (Wildman–Crippen MR) is 125 cm³/mol. The number of amides is 2. The van der Waals surface area contributed by atoms with Gasteiger partial charge in [-0.2, -0.15) is 0 Å². The van der Waals surface area contributed by atoms with E-state index in [1.54, 1.807) is 37.3 Å². The number of nitrogens with zero attached hydrogens (tertiary/aromatic N) is 3. The third-order valence-corrected chi connectivity index (χ3v) is 5.75. The smallest absolute Gasteiger partial charge is 0.254 e. The van der Waals surface area contributed by atoms with Crippen LogP contribution in [0.2, 0.25) is 0 Å². The van der Waals surface area contributed by atoms with Gasteiger partial charge in [-0.25, -0.2) is 4.98 Å². The summed E-state index contributed by atoms with van der Waals surface area (Å²) in [7, 11) is 1.62. The van der Waals surface area contributed by atoms with Gasteiger partial charge in [-0.1, -0.05) is 24.3 Å². The molecule has 1 N–H and O–H groups in total. The van der Waals surface area contributed by atoms with Crippen LogP contribution < -0.4 is 5.32 Å². The monoisotopic (exact) mass is 430 g/mol. The van der Waals surface area contributed by atoms with Crippen LogP contribution >= 0.6 is 11.8 Å². The number of benzene rings is 3. The zero-order valence-corrected chi connectivity index (χ0v) is 18.1. The number of thioether (sulfide) groups is 1. The molecule has 0 atom stereocenters. The topological polar surface area (TPSA) is 67.2 Å². The summed E-state index contributed by atoms with van der Waals surface area (Å²) in [5.41, 5.74) is 4.10. The van der Waals surface area contributed by atoms with E-state index in [1.807, 2.05) is 71.5 Å². The molecule has 4 rings (SSSR count). The third-order valence-electron chi connectivity index (χ3n) is 4.95. The van der Waals surface area contributed by atoms with E-state index in [-0.39, 0.29) is 18.4 Å². The molecule has 3 aromatic carbocycles. The first kappa shape index (κ1) is 20.7. The zero-order chi connectivity index (χ0) is 21.8. The average Bonchev–Trinajstić information content (AvgIpc) is 3.23. The van der Waals surface area contributed by atoms with Crippen LogP contribution in [0.15, 0.2) is 84.0 Å². The van der Waals surface area contributed by atoms with Crippen molar-refractivity contribution in [2.45, 2.75) is 4.90 Å². The number of nitrogens with one attached hydrogen (secondary N) is 1. The lowest BCUT2D eigenvalue weighted by Crippen LogP contribution is -2.35. The number of hydrogen-bond donors (Lipinski definition) is 1. The van der Waals surface area contributed by atoms with E-state index in [9.17, 15) is 9.59 Å². The van der Waals surface area contributed by atoms with Crippen molar-refractivity contribution >= 4 is 40.3 Å². The van der Waals surface area contributed by atoms with Gasteiger partial charge in [-0.3, -0.25) is 14.2 Å². The maximum Gasteiger partial charge on any atom is 0.254 e. The van der Waals surface area contributed by atoms with E-state index in [0.29, 0.717) is 5.56 Å². The highest BCUT2D eigenvalue weighted by Gasteiger charge is 2.16. The molecule has 0 aliphatic heterocycles. The van der Waals surface area contributed by atoms with Crippen LogP contribution in [0.3, 0.4) is 0 Å². The van der Waals surface area contributed by atoms with Crippen LogP contribution in [0, 0.1) is 0 Å². The van der Waals surface area contributed by atoms with Crippen LogP contribution in [-0.4, -0.2) is 46.1 Å². The van der Waals surface area contributed by atoms with Crippen molar-refractivity contribution < 1.29 is 9.59 Å². The Bertz CT molecular complexity index is 1230. The largest absolute Gasteiger partial charge is 0.332 e. The molecular formula is C24H22N4O2S. The number of carbonyl (C=O) groups excluding carboxylic acids is 2. The molecule has 156 valence electrons. The Morgan fingerprint density at radius 1 is 1.00 bits per heavy atom. The first-order valence-electron chi connectivity index (χ1n) is 9.77. The van der Waals surface area contributed by atoms with Gasteiger partial charge in [-0.15, -0.1) is 11.8 Å². The molecule has 6 nitrogen and oxygen atoms in total. The van der Waals surface area contributed by atoms with Gasteiger partial charge >= 0.3 is 0 Å². The summed E-state index contributed by atoms with van der Waals surface area (Å²) in [5, 5.41) is 2.88. The van der Waals surface area contributed by atoms with E-state index in [0.717, 1.165) is 27.3 Å². The standard InChI is InChI=1S/C24H22N4O2S/c1-27(15-23(29)26-20-8-4-6-10-22(20)31-2)24(30)17-11-13-18(14-12-17)28-16-25-19-7-3-5-9-21(19)28/h3-14,16H,15H2,1-2H3,(H,26,29). The van der Waals surface area contributed by atoms with E-state index in [1.165, 1.54) is 4.90 Å². The molecule has 0 saturated carbocycles. The summed E-state index contributed by atoms with van der Waals surface area (Å²) in [6.07, 6.45) is 3.72. The van der Waals surface area contributed by atoms with Gasteiger partial charge in [0.2, 0.25) is 5.91 Å². The van der Waals surface area contributed by atoms with Gasteiger partial charge in [0, 0.05) is 23.2 Å². The average molecular weight is 431 g/mol. The molecule has 2 amide bonds. The lowest BCUT2D eigenvalue weighted by atomic mass is 10.1. The molecule has 4 aromatic rings. The second kappa shape index (κ2) is 9.06. The molecular weight excluding hydrogens is 408 g/mol. The van der Waals surface area contributed by atoms with E-state index in [2.05, 4.69) is 10.3 Å². The van der Waals surface area contributed by atoms with Crippen LogP contribution in [0.1, 0.15) is 10.4 Å². The van der Waals surface area contributed by atoms with Crippen molar-refractivity contribution in [1.29, 1.82) is 0 Å². The Morgan fingerprint density at radius 2 is 1.71 bits per heavy atom. The molecule has 1 heterocycles. The molecule has 0 saturated heterocycles. The van der Waals surface area contributed by atoms with Crippen LogP contribution in [-0.2, 0) is 4.79 Å². The number of likely N-dealkylation sites (N-methyl/N-ethyl adjacent to an activating group) is 1. The number of hydrogen-bond acceptors (Lipinski definition) is 4. The van der Waals surface area contributed by atoms with Gasteiger partial charge in [0.05, 0.1) is 23.3 Å². The fraction of sp³-hybridized carbons (Fsp3) is 0.125. The third kappa shape index (κ3) is 4.46. The number of aromatic nitrogens is 2. The van der Waals surface area contributed by atoms with Gasteiger partial charge in [0.25, 0.3) is 5.91 Å². The Balaban J connectivity index is 1.43. The summed E-state index contributed by atoms with van der Waals surface area (Å²) in [4.78, 5) is 32.0. The Kier molecular flexibility index (Phi) is 6.04.